The summed E-state index contributed by atoms with van der Waals surface area (Å²) >= 11 is 3.45. The number of carbonyl (C=O) groups is 1. The van der Waals surface area contributed by atoms with Crippen molar-refractivity contribution in [3.05, 3.63) is 22.2 Å². The third kappa shape index (κ3) is 3.48. The normalized spacial score (nSPS) is 15.9. The van der Waals surface area contributed by atoms with Crippen molar-refractivity contribution in [3.63, 3.8) is 0 Å². The van der Waals surface area contributed by atoms with Crippen molar-refractivity contribution in [2.75, 3.05) is 27.2 Å². The first-order valence-corrected chi connectivity index (χ1v) is 7.08. The molecule has 0 unspecified atom stereocenters. The molecule has 0 atom stereocenters. The summed E-state index contributed by atoms with van der Waals surface area (Å²) in [6, 6.07) is 3.88. The summed E-state index contributed by atoms with van der Waals surface area (Å²) in [7, 11) is 3.69. The Bertz CT molecular complexity index is 458. The van der Waals surface area contributed by atoms with E-state index in [-0.39, 0.29) is 6.10 Å². The topological polar surface area (TPSA) is 38.8 Å². The number of carbonyl (C=O) groups excluding carboxylic acids is 1. The fourth-order valence-corrected chi connectivity index (χ4v) is 2.68. The van der Waals surface area contributed by atoms with E-state index in [4.69, 9.17) is 9.47 Å². The molecular formula is C14H18BrNO3. The van der Waals surface area contributed by atoms with E-state index in [2.05, 4.69) is 27.9 Å². The first-order chi connectivity index (χ1) is 9.13. The average molecular weight is 328 g/mol. The van der Waals surface area contributed by atoms with Crippen LogP contribution >= 0.6 is 15.9 Å². The Labute approximate surface area is 121 Å². The summed E-state index contributed by atoms with van der Waals surface area (Å²) in [5.74, 6) is 1.48. The molecule has 4 nitrogen and oxygen atoms in total. The third-order valence-electron chi connectivity index (χ3n) is 3.16. The monoisotopic (exact) mass is 327 g/mol. The number of aldehydes is 1. The maximum Gasteiger partial charge on any atom is 0.164 e. The van der Waals surface area contributed by atoms with Gasteiger partial charge in [0.1, 0.15) is 12.4 Å². The lowest BCUT2D eigenvalue weighted by Crippen LogP contribution is -2.51. The molecule has 0 bridgehead atoms. The number of likely N-dealkylation sites (N-methyl/N-ethyl adjacent to an activating group) is 1. The molecule has 5 heteroatoms. The molecule has 0 aromatic heterocycles. The van der Waals surface area contributed by atoms with E-state index in [9.17, 15) is 4.79 Å². The van der Waals surface area contributed by atoms with Gasteiger partial charge in [0.15, 0.2) is 11.5 Å². The maximum absolute atomic E-state index is 10.6. The SMILES string of the molecule is COc1cc(Br)cc(CCC=O)c1OC1CN(C)C1. The van der Waals surface area contributed by atoms with E-state index in [0.717, 1.165) is 35.2 Å². The van der Waals surface area contributed by atoms with Crippen LogP contribution < -0.4 is 9.47 Å². The van der Waals surface area contributed by atoms with Crippen LogP contribution in [0.25, 0.3) is 0 Å². The molecule has 1 aliphatic rings. The van der Waals surface area contributed by atoms with Crippen LogP contribution in [0.3, 0.4) is 0 Å². The van der Waals surface area contributed by atoms with Crippen LogP contribution in [0.1, 0.15) is 12.0 Å². The van der Waals surface area contributed by atoms with Gasteiger partial charge in [-0.1, -0.05) is 15.9 Å². The number of benzene rings is 1. The van der Waals surface area contributed by atoms with Gasteiger partial charge in [-0.2, -0.15) is 0 Å². The van der Waals surface area contributed by atoms with E-state index in [1.54, 1.807) is 7.11 Å². The van der Waals surface area contributed by atoms with Crippen LogP contribution in [0.5, 0.6) is 11.5 Å². The molecule has 0 spiro atoms. The van der Waals surface area contributed by atoms with Crippen LogP contribution in [-0.4, -0.2) is 44.5 Å². The largest absolute Gasteiger partial charge is 0.493 e. The molecule has 1 saturated heterocycles. The molecule has 1 aliphatic heterocycles. The van der Waals surface area contributed by atoms with E-state index in [0.29, 0.717) is 18.6 Å². The first kappa shape index (κ1) is 14.3. The van der Waals surface area contributed by atoms with Crippen molar-refractivity contribution in [2.24, 2.45) is 0 Å². The van der Waals surface area contributed by atoms with E-state index < -0.39 is 0 Å². The highest BCUT2D eigenvalue weighted by molar-refractivity contribution is 9.10. The van der Waals surface area contributed by atoms with Gasteiger partial charge in [0.05, 0.1) is 7.11 Å². The van der Waals surface area contributed by atoms with Gasteiger partial charge in [-0.25, -0.2) is 0 Å². The summed E-state index contributed by atoms with van der Waals surface area (Å²) in [5.41, 5.74) is 1.01. The minimum atomic E-state index is 0.204. The number of halogens is 1. The number of nitrogens with zero attached hydrogens (tertiary/aromatic N) is 1. The second-order valence-electron chi connectivity index (χ2n) is 4.76. The molecule has 0 saturated carbocycles. The van der Waals surface area contributed by atoms with Crippen LogP contribution in [0.2, 0.25) is 0 Å². The van der Waals surface area contributed by atoms with Gasteiger partial charge in [-0.15, -0.1) is 0 Å². The Morgan fingerprint density at radius 1 is 1.47 bits per heavy atom. The lowest BCUT2D eigenvalue weighted by Gasteiger charge is -2.36. The van der Waals surface area contributed by atoms with Crippen LogP contribution in [-0.2, 0) is 11.2 Å². The van der Waals surface area contributed by atoms with E-state index in [1.807, 2.05) is 12.1 Å². The van der Waals surface area contributed by atoms with Gasteiger partial charge in [0.25, 0.3) is 0 Å². The van der Waals surface area contributed by atoms with Gasteiger partial charge in [0.2, 0.25) is 0 Å². The lowest BCUT2D eigenvalue weighted by atomic mass is 10.1. The Hall–Kier alpha value is -1.07. The van der Waals surface area contributed by atoms with Gasteiger partial charge in [0, 0.05) is 24.0 Å². The summed E-state index contributed by atoms with van der Waals surface area (Å²) in [5, 5.41) is 0. The highest BCUT2D eigenvalue weighted by atomic mass is 79.9. The molecule has 0 N–H and O–H groups in total. The molecule has 19 heavy (non-hydrogen) atoms. The van der Waals surface area contributed by atoms with Gasteiger partial charge < -0.3 is 14.3 Å². The van der Waals surface area contributed by atoms with Crippen molar-refractivity contribution >= 4 is 22.2 Å². The average Bonchev–Trinajstić information content (AvgIpc) is 2.36. The number of ether oxygens (including phenoxy) is 2. The van der Waals surface area contributed by atoms with Gasteiger partial charge in [-0.05, 0) is 31.2 Å². The minimum absolute atomic E-state index is 0.204. The molecule has 1 aromatic carbocycles. The van der Waals surface area contributed by atoms with Crippen molar-refractivity contribution in [2.45, 2.75) is 18.9 Å². The van der Waals surface area contributed by atoms with Crippen molar-refractivity contribution in [1.82, 2.24) is 4.90 Å². The standard InChI is InChI=1S/C14H18BrNO3/c1-16-8-12(9-16)19-14-10(4-3-5-17)6-11(15)7-13(14)18-2/h5-7,12H,3-4,8-9H2,1-2H3. The number of methoxy groups -OCH3 is 1. The number of rotatable bonds is 6. The van der Waals surface area contributed by atoms with E-state index in [1.165, 1.54) is 0 Å². The second kappa shape index (κ2) is 6.39. The van der Waals surface area contributed by atoms with Crippen molar-refractivity contribution in [1.29, 1.82) is 0 Å². The number of likely N-dealkylation sites (tertiary alicyclic amines) is 1. The maximum atomic E-state index is 10.6. The zero-order valence-electron chi connectivity index (χ0n) is 11.2. The fourth-order valence-electron chi connectivity index (χ4n) is 2.19. The summed E-state index contributed by atoms with van der Waals surface area (Å²) in [6.07, 6.45) is 2.28. The minimum Gasteiger partial charge on any atom is -0.493 e. The molecule has 0 amide bonds. The Morgan fingerprint density at radius 2 is 2.21 bits per heavy atom. The number of aryl methyl sites for hydroxylation is 1. The molecule has 1 heterocycles. The third-order valence-corrected chi connectivity index (χ3v) is 3.62. The number of hydrogen-bond donors (Lipinski definition) is 0. The zero-order chi connectivity index (χ0) is 13.8. The lowest BCUT2D eigenvalue weighted by molar-refractivity contribution is -0.107. The quantitative estimate of drug-likeness (QED) is 0.751. The predicted molar refractivity (Wildman–Crippen MR) is 77.0 cm³/mol. The first-order valence-electron chi connectivity index (χ1n) is 6.29. The second-order valence-corrected chi connectivity index (χ2v) is 5.68. The Balaban J connectivity index is 2.22. The molecule has 0 radical (unpaired) electrons. The molecule has 1 aromatic rings. The molecule has 104 valence electrons. The Kier molecular flexibility index (Phi) is 4.82. The number of hydrogen-bond acceptors (Lipinski definition) is 4. The smallest absolute Gasteiger partial charge is 0.164 e. The Morgan fingerprint density at radius 3 is 2.79 bits per heavy atom. The van der Waals surface area contributed by atoms with Crippen LogP contribution in [0.15, 0.2) is 16.6 Å². The van der Waals surface area contributed by atoms with Crippen LogP contribution in [0, 0.1) is 0 Å². The predicted octanol–water partition coefficient (Wildman–Crippen LogP) is 2.28. The zero-order valence-corrected chi connectivity index (χ0v) is 12.8. The highest BCUT2D eigenvalue weighted by Crippen LogP contribution is 2.36. The molecular weight excluding hydrogens is 310 g/mol. The van der Waals surface area contributed by atoms with Crippen molar-refractivity contribution < 1.29 is 14.3 Å². The molecule has 2 rings (SSSR count). The summed E-state index contributed by atoms with van der Waals surface area (Å²) in [6.45, 7) is 1.85. The fraction of sp³-hybridized carbons (Fsp3) is 0.500. The van der Waals surface area contributed by atoms with Crippen LogP contribution in [0.4, 0.5) is 0 Å². The van der Waals surface area contributed by atoms with Gasteiger partial charge in [-0.3, -0.25) is 4.90 Å². The molecule has 1 fully saturated rings. The highest BCUT2D eigenvalue weighted by Gasteiger charge is 2.27. The van der Waals surface area contributed by atoms with Gasteiger partial charge >= 0.3 is 0 Å². The summed E-state index contributed by atoms with van der Waals surface area (Å²) in [4.78, 5) is 12.8. The summed E-state index contributed by atoms with van der Waals surface area (Å²) < 4.78 is 12.3. The van der Waals surface area contributed by atoms with Crippen molar-refractivity contribution in [3.8, 4) is 11.5 Å². The van der Waals surface area contributed by atoms with E-state index >= 15 is 0 Å². The molecule has 0 aliphatic carbocycles.